The fraction of sp³-hybridized carbons (Fsp3) is 0.296. The first-order valence-electron chi connectivity index (χ1n) is 11.1. The predicted molar refractivity (Wildman–Crippen MR) is 125 cm³/mol. The molecule has 1 saturated heterocycles. The van der Waals surface area contributed by atoms with Crippen LogP contribution in [0, 0.1) is 6.92 Å². The van der Waals surface area contributed by atoms with Crippen molar-refractivity contribution in [1.82, 2.24) is 4.90 Å². The molecule has 2 bridgehead atoms. The molecule has 2 heterocycles. The van der Waals surface area contributed by atoms with Crippen LogP contribution in [0.1, 0.15) is 23.1 Å². The average Bonchev–Trinajstić information content (AvgIpc) is 3.22. The monoisotopic (exact) mass is 428 g/mol. The lowest BCUT2D eigenvalue weighted by atomic mass is 10.1. The van der Waals surface area contributed by atoms with Gasteiger partial charge in [-0.3, -0.25) is 9.69 Å². The first-order chi connectivity index (χ1) is 15.6. The molecule has 0 aromatic heterocycles. The maximum atomic E-state index is 13.9. The van der Waals surface area contributed by atoms with Crippen molar-refractivity contribution in [2.45, 2.75) is 38.6 Å². The van der Waals surface area contributed by atoms with E-state index in [9.17, 15) is 4.79 Å². The van der Waals surface area contributed by atoms with Crippen LogP contribution >= 0.6 is 0 Å². The highest BCUT2D eigenvalue weighted by atomic mass is 16.5. The summed E-state index contributed by atoms with van der Waals surface area (Å²) in [7, 11) is 1.66. The Balaban J connectivity index is 1.48. The number of ether oxygens (including phenoxy) is 2. The Morgan fingerprint density at radius 1 is 0.969 bits per heavy atom. The number of methoxy groups -OCH3 is 1. The number of carbonyl (C=O) groups is 1. The number of likely N-dealkylation sites (tertiary alicyclic amines) is 1. The number of anilines is 1. The largest absolute Gasteiger partial charge is 0.497 e. The molecule has 0 radical (unpaired) electrons. The van der Waals surface area contributed by atoms with E-state index in [0.717, 1.165) is 35.8 Å². The molecule has 164 valence electrons. The second-order valence-corrected chi connectivity index (χ2v) is 8.59. The lowest BCUT2D eigenvalue weighted by molar-refractivity contribution is -0.123. The summed E-state index contributed by atoms with van der Waals surface area (Å²) in [5.41, 5.74) is 4.39. The molecule has 2 aliphatic heterocycles. The molecule has 32 heavy (non-hydrogen) atoms. The van der Waals surface area contributed by atoms with Crippen molar-refractivity contribution in [3.63, 3.8) is 0 Å². The van der Waals surface area contributed by atoms with E-state index in [1.807, 2.05) is 53.4 Å². The number of carbonyl (C=O) groups excluding carboxylic acids is 1. The molecule has 2 unspecified atom stereocenters. The lowest BCUT2D eigenvalue weighted by Gasteiger charge is -2.32. The van der Waals surface area contributed by atoms with Crippen LogP contribution in [-0.2, 0) is 17.9 Å². The van der Waals surface area contributed by atoms with Crippen LogP contribution in [0.4, 0.5) is 5.69 Å². The van der Waals surface area contributed by atoms with Crippen LogP contribution < -0.4 is 14.4 Å². The van der Waals surface area contributed by atoms with Gasteiger partial charge in [0.05, 0.1) is 25.4 Å². The minimum atomic E-state index is -0.203. The molecule has 5 rings (SSSR count). The summed E-state index contributed by atoms with van der Waals surface area (Å²) in [5, 5.41) is 0. The van der Waals surface area contributed by atoms with Crippen molar-refractivity contribution in [2.75, 3.05) is 18.6 Å². The predicted octanol–water partition coefficient (Wildman–Crippen LogP) is 4.57. The van der Waals surface area contributed by atoms with Crippen LogP contribution in [0.25, 0.3) is 0 Å². The minimum Gasteiger partial charge on any atom is -0.497 e. The van der Waals surface area contributed by atoms with E-state index in [-0.39, 0.29) is 18.1 Å². The Morgan fingerprint density at radius 3 is 2.50 bits per heavy atom. The van der Waals surface area contributed by atoms with Crippen molar-refractivity contribution in [3.8, 4) is 11.5 Å². The first-order valence-corrected chi connectivity index (χ1v) is 11.1. The highest BCUT2D eigenvalue weighted by Crippen LogP contribution is 2.37. The zero-order valence-corrected chi connectivity index (χ0v) is 18.5. The number of nitrogens with zero attached hydrogens (tertiary/aromatic N) is 2. The van der Waals surface area contributed by atoms with Gasteiger partial charge in [-0.25, -0.2) is 0 Å². The van der Waals surface area contributed by atoms with E-state index in [0.29, 0.717) is 13.0 Å². The minimum absolute atomic E-state index is 0.0113. The zero-order valence-electron chi connectivity index (χ0n) is 18.5. The number of rotatable bonds is 5. The van der Waals surface area contributed by atoms with Gasteiger partial charge >= 0.3 is 0 Å². The van der Waals surface area contributed by atoms with Gasteiger partial charge in [0.25, 0.3) is 0 Å². The van der Waals surface area contributed by atoms with Gasteiger partial charge < -0.3 is 14.4 Å². The standard InChI is InChI=1S/C27H28N2O3/c1-19-7-3-4-8-21(19)17-28-18-23-15-25(28)27(30)29(24-9-5-6-10-26(24)32-23)16-20-11-13-22(31-2)14-12-20/h3-14,23,25H,15-18H2,1-2H3. The molecule has 0 spiro atoms. The SMILES string of the molecule is COc1ccc(CN2C(=O)C3CC(CN3Cc3ccccc3C)Oc3ccccc32)cc1. The number of fused-ring (bicyclic) bond motifs is 3. The van der Waals surface area contributed by atoms with E-state index >= 15 is 0 Å². The number of aryl methyl sites for hydroxylation is 1. The van der Waals surface area contributed by atoms with Crippen molar-refractivity contribution in [1.29, 1.82) is 0 Å². The van der Waals surface area contributed by atoms with E-state index in [4.69, 9.17) is 9.47 Å². The summed E-state index contributed by atoms with van der Waals surface area (Å²) in [5.74, 6) is 1.71. The summed E-state index contributed by atoms with van der Waals surface area (Å²) < 4.78 is 11.7. The van der Waals surface area contributed by atoms with Gasteiger partial charge in [0.1, 0.15) is 17.6 Å². The number of hydrogen-bond acceptors (Lipinski definition) is 4. The zero-order chi connectivity index (χ0) is 22.1. The fourth-order valence-corrected chi connectivity index (χ4v) is 4.72. The average molecular weight is 429 g/mol. The molecule has 0 aliphatic carbocycles. The van der Waals surface area contributed by atoms with Crippen LogP contribution in [-0.4, -0.2) is 36.6 Å². The molecule has 2 aliphatic rings. The Bertz CT molecular complexity index is 1110. The van der Waals surface area contributed by atoms with E-state index in [1.165, 1.54) is 11.1 Å². The van der Waals surface area contributed by atoms with Crippen LogP contribution in [0.15, 0.2) is 72.8 Å². The van der Waals surface area contributed by atoms with Gasteiger partial charge in [0.15, 0.2) is 0 Å². The van der Waals surface area contributed by atoms with Crippen LogP contribution in [0.2, 0.25) is 0 Å². The van der Waals surface area contributed by atoms with Gasteiger partial charge in [0.2, 0.25) is 5.91 Å². The van der Waals surface area contributed by atoms with Crippen molar-refractivity contribution < 1.29 is 14.3 Å². The third kappa shape index (κ3) is 3.96. The highest BCUT2D eigenvalue weighted by Gasteiger charge is 2.42. The van der Waals surface area contributed by atoms with Crippen molar-refractivity contribution >= 4 is 11.6 Å². The molecule has 0 N–H and O–H groups in total. The first kappa shape index (κ1) is 20.6. The Hall–Kier alpha value is -3.31. The summed E-state index contributed by atoms with van der Waals surface area (Å²) in [6.45, 7) is 4.10. The molecule has 0 saturated carbocycles. The maximum absolute atomic E-state index is 13.9. The Kier molecular flexibility index (Phi) is 5.58. The Morgan fingerprint density at radius 2 is 1.72 bits per heavy atom. The number of amides is 1. The van der Waals surface area contributed by atoms with Crippen LogP contribution in [0.3, 0.4) is 0 Å². The van der Waals surface area contributed by atoms with E-state index in [2.05, 4.69) is 36.1 Å². The quantitative estimate of drug-likeness (QED) is 0.597. The maximum Gasteiger partial charge on any atom is 0.244 e. The fourth-order valence-electron chi connectivity index (χ4n) is 4.72. The third-order valence-corrected chi connectivity index (χ3v) is 6.50. The summed E-state index contributed by atoms with van der Waals surface area (Å²) in [6, 6.07) is 23.9. The third-order valence-electron chi connectivity index (χ3n) is 6.50. The highest BCUT2D eigenvalue weighted by molar-refractivity contribution is 5.99. The molecular weight excluding hydrogens is 400 g/mol. The number of para-hydroxylation sites is 2. The second kappa shape index (κ2) is 8.67. The van der Waals surface area contributed by atoms with Crippen molar-refractivity contribution in [2.24, 2.45) is 0 Å². The molecular formula is C27H28N2O3. The van der Waals surface area contributed by atoms with Gasteiger partial charge in [-0.2, -0.15) is 0 Å². The van der Waals surface area contributed by atoms with Gasteiger partial charge in [-0.15, -0.1) is 0 Å². The van der Waals surface area contributed by atoms with Crippen molar-refractivity contribution in [3.05, 3.63) is 89.5 Å². The number of hydrogen-bond donors (Lipinski definition) is 0. The number of benzene rings is 3. The van der Waals surface area contributed by atoms with Gasteiger partial charge in [0, 0.05) is 19.5 Å². The molecule has 2 atom stereocenters. The summed E-state index contributed by atoms with van der Waals surface area (Å²) in [4.78, 5) is 18.1. The molecule has 3 aromatic carbocycles. The van der Waals surface area contributed by atoms with E-state index in [1.54, 1.807) is 7.11 Å². The van der Waals surface area contributed by atoms with E-state index < -0.39 is 0 Å². The summed E-state index contributed by atoms with van der Waals surface area (Å²) in [6.07, 6.45) is 0.718. The second-order valence-electron chi connectivity index (χ2n) is 8.59. The van der Waals surface area contributed by atoms with Gasteiger partial charge in [-0.1, -0.05) is 48.5 Å². The lowest BCUT2D eigenvalue weighted by Crippen LogP contribution is -2.45. The van der Waals surface area contributed by atoms with Gasteiger partial charge in [-0.05, 0) is 47.9 Å². The molecule has 5 nitrogen and oxygen atoms in total. The van der Waals surface area contributed by atoms with Crippen LogP contribution in [0.5, 0.6) is 11.5 Å². The topological polar surface area (TPSA) is 42.0 Å². The molecule has 5 heteroatoms. The molecule has 1 fully saturated rings. The Labute approximate surface area is 189 Å². The summed E-state index contributed by atoms with van der Waals surface area (Å²) >= 11 is 0. The normalized spacial score (nSPS) is 20.3. The molecule has 3 aromatic rings. The molecule has 1 amide bonds. The smallest absolute Gasteiger partial charge is 0.244 e.